The van der Waals surface area contributed by atoms with Crippen LogP contribution in [0.1, 0.15) is 0 Å². The maximum Gasteiger partial charge on any atom is 0.0705 e. The Balaban J connectivity index is 2.18. The standard InChI is InChI=1S/C10H5BrS3/c11-10-2-1-6(14-10)9-5-8-7(13-9)3-4-12-8/h1-5H. The summed E-state index contributed by atoms with van der Waals surface area (Å²) in [6.07, 6.45) is 0. The second kappa shape index (κ2) is 3.45. The molecule has 70 valence electrons. The fraction of sp³-hybridized carbons (Fsp3) is 0. The lowest BCUT2D eigenvalue weighted by atomic mass is 10.4. The van der Waals surface area contributed by atoms with Crippen LogP contribution in [-0.4, -0.2) is 0 Å². The van der Waals surface area contributed by atoms with E-state index in [2.05, 4.69) is 45.6 Å². The topological polar surface area (TPSA) is 0 Å². The molecule has 3 heterocycles. The molecular weight excluding hydrogens is 296 g/mol. The summed E-state index contributed by atoms with van der Waals surface area (Å²) in [6.45, 7) is 0. The summed E-state index contributed by atoms with van der Waals surface area (Å²) in [4.78, 5) is 2.73. The molecule has 0 unspecified atom stereocenters. The third kappa shape index (κ3) is 1.46. The zero-order valence-corrected chi connectivity index (χ0v) is 11.0. The zero-order valence-electron chi connectivity index (χ0n) is 6.99. The number of halogens is 1. The average Bonchev–Trinajstić information content (AvgIpc) is 2.75. The van der Waals surface area contributed by atoms with E-state index in [9.17, 15) is 0 Å². The Hall–Kier alpha value is -0.160. The lowest BCUT2D eigenvalue weighted by Crippen LogP contribution is -1.56. The highest BCUT2D eigenvalue weighted by atomic mass is 79.9. The van der Waals surface area contributed by atoms with E-state index in [0.717, 1.165) is 0 Å². The van der Waals surface area contributed by atoms with Gasteiger partial charge in [-0.2, -0.15) is 0 Å². The second-order valence-electron chi connectivity index (χ2n) is 2.86. The van der Waals surface area contributed by atoms with Gasteiger partial charge in [0.2, 0.25) is 0 Å². The molecule has 0 aliphatic carbocycles. The van der Waals surface area contributed by atoms with Crippen LogP contribution >= 0.6 is 49.9 Å². The predicted molar refractivity (Wildman–Crippen MR) is 70.7 cm³/mol. The van der Waals surface area contributed by atoms with E-state index in [1.165, 1.54) is 22.9 Å². The molecule has 3 aromatic heterocycles. The van der Waals surface area contributed by atoms with Crippen LogP contribution in [0.2, 0.25) is 0 Å². The largest absolute Gasteiger partial charge is 0.143 e. The van der Waals surface area contributed by atoms with E-state index < -0.39 is 0 Å². The molecule has 0 bridgehead atoms. The molecule has 0 aliphatic heterocycles. The highest BCUT2D eigenvalue weighted by Gasteiger charge is 2.06. The number of fused-ring (bicyclic) bond motifs is 1. The van der Waals surface area contributed by atoms with Crippen LogP contribution in [0.3, 0.4) is 0 Å². The van der Waals surface area contributed by atoms with Crippen molar-refractivity contribution in [3.05, 3.63) is 33.4 Å². The summed E-state index contributed by atoms with van der Waals surface area (Å²) in [5.74, 6) is 0. The molecule has 0 N–H and O–H groups in total. The Bertz CT molecular complexity index is 544. The van der Waals surface area contributed by atoms with Crippen molar-refractivity contribution in [2.75, 3.05) is 0 Å². The van der Waals surface area contributed by atoms with E-state index in [0.29, 0.717) is 0 Å². The van der Waals surface area contributed by atoms with Gasteiger partial charge in [0.25, 0.3) is 0 Å². The number of hydrogen-bond acceptors (Lipinski definition) is 3. The van der Waals surface area contributed by atoms with E-state index in [-0.39, 0.29) is 0 Å². The lowest BCUT2D eigenvalue weighted by molar-refractivity contribution is 1.94. The van der Waals surface area contributed by atoms with Gasteiger partial charge in [-0.05, 0) is 45.6 Å². The van der Waals surface area contributed by atoms with E-state index in [4.69, 9.17) is 0 Å². The molecule has 4 heteroatoms. The van der Waals surface area contributed by atoms with Crippen LogP contribution in [0, 0.1) is 0 Å². The minimum absolute atomic E-state index is 1.20. The molecule has 0 aromatic carbocycles. The summed E-state index contributed by atoms with van der Waals surface area (Å²) >= 11 is 8.96. The molecule has 0 spiro atoms. The van der Waals surface area contributed by atoms with Gasteiger partial charge in [0.05, 0.1) is 3.79 Å². The molecule has 14 heavy (non-hydrogen) atoms. The first kappa shape index (κ1) is 9.09. The normalized spacial score (nSPS) is 11.2. The first-order chi connectivity index (χ1) is 6.83. The van der Waals surface area contributed by atoms with Crippen molar-refractivity contribution in [1.29, 1.82) is 0 Å². The summed E-state index contributed by atoms with van der Waals surface area (Å²) in [5.41, 5.74) is 0. The van der Waals surface area contributed by atoms with Crippen molar-refractivity contribution < 1.29 is 0 Å². The van der Waals surface area contributed by atoms with Crippen molar-refractivity contribution in [2.24, 2.45) is 0 Å². The van der Waals surface area contributed by atoms with E-state index in [1.54, 1.807) is 11.3 Å². The molecule has 0 aliphatic rings. The first-order valence-corrected chi connectivity index (χ1v) is 7.36. The van der Waals surface area contributed by atoms with Gasteiger partial charge in [-0.1, -0.05) is 0 Å². The monoisotopic (exact) mass is 300 g/mol. The summed E-state index contributed by atoms with van der Waals surface area (Å²) < 4.78 is 3.99. The van der Waals surface area contributed by atoms with Gasteiger partial charge in [0.1, 0.15) is 0 Å². The van der Waals surface area contributed by atoms with Crippen molar-refractivity contribution in [3.8, 4) is 9.75 Å². The van der Waals surface area contributed by atoms with Crippen LogP contribution in [0.25, 0.3) is 19.2 Å². The zero-order chi connectivity index (χ0) is 9.54. The van der Waals surface area contributed by atoms with Gasteiger partial charge < -0.3 is 0 Å². The van der Waals surface area contributed by atoms with Gasteiger partial charge in [0.15, 0.2) is 0 Å². The van der Waals surface area contributed by atoms with Gasteiger partial charge in [-0.3, -0.25) is 0 Å². The van der Waals surface area contributed by atoms with E-state index in [1.807, 2.05) is 22.7 Å². The number of rotatable bonds is 1. The fourth-order valence-electron chi connectivity index (χ4n) is 1.33. The number of thiophene rings is 3. The molecule has 0 atom stereocenters. The van der Waals surface area contributed by atoms with Gasteiger partial charge in [-0.15, -0.1) is 34.0 Å². The Kier molecular flexibility index (Phi) is 2.24. The average molecular weight is 301 g/mol. The van der Waals surface area contributed by atoms with Gasteiger partial charge >= 0.3 is 0 Å². The predicted octanol–water partition coefficient (Wildman–Crippen LogP) is 5.45. The Morgan fingerprint density at radius 3 is 2.57 bits per heavy atom. The van der Waals surface area contributed by atoms with E-state index >= 15 is 0 Å². The van der Waals surface area contributed by atoms with Crippen LogP contribution in [0.5, 0.6) is 0 Å². The molecule has 3 rings (SSSR count). The third-order valence-corrected chi connectivity index (χ3v) is 5.87. The molecule has 0 saturated heterocycles. The van der Waals surface area contributed by atoms with Crippen molar-refractivity contribution in [1.82, 2.24) is 0 Å². The van der Waals surface area contributed by atoms with Gasteiger partial charge in [0, 0.05) is 19.2 Å². The highest BCUT2D eigenvalue weighted by molar-refractivity contribution is 9.11. The summed E-state index contributed by atoms with van der Waals surface area (Å²) in [5, 5.41) is 2.15. The second-order valence-corrected chi connectivity index (χ2v) is 7.36. The molecule has 0 fully saturated rings. The molecule has 0 radical (unpaired) electrons. The van der Waals surface area contributed by atoms with Crippen LogP contribution < -0.4 is 0 Å². The molecule has 0 nitrogen and oxygen atoms in total. The maximum atomic E-state index is 3.49. The highest BCUT2D eigenvalue weighted by Crippen LogP contribution is 2.40. The summed E-state index contributed by atoms with van der Waals surface area (Å²) in [6, 6.07) is 8.75. The first-order valence-electron chi connectivity index (χ1n) is 4.06. The SMILES string of the molecule is Brc1ccc(-c2cc3sccc3s2)s1. The Morgan fingerprint density at radius 1 is 0.929 bits per heavy atom. The summed E-state index contributed by atoms with van der Waals surface area (Å²) in [7, 11) is 0. The van der Waals surface area contributed by atoms with Crippen LogP contribution in [-0.2, 0) is 0 Å². The van der Waals surface area contributed by atoms with Gasteiger partial charge in [-0.25, -0.2) is 0 Å². The minimum atomic E-state index is 1.20. The third-order valence-electron chi connectivity index (χ3n) is 1.96. The van der Waals surface area contributed by atoms with Crippen molar-refractivity contribution in [3.63, 3.8) is 0 Å². The minimum Gasteiger partial charge on any atom is -0.143 e. The quantitative estimate of drug-likeness (QED) is 0.560. The van der Waals surface area contributed by atoms with Crippen LogP contribution in [0.15, 0.2) is 33.4 Å². The molecule has 3 aromatic rings. The number of hydrogen-bond donors (Lipinski definition) is 0. The molecular formula is C10H5BrS3. The lowest BCUT2D eigenvalue weighted by Gasteiger charge is -1.86. The molecule has 0 amide bonds. The Labute approximate surface area is 102 Å². The smallest absolute Gasteiger partial charge is 0.0705 e. The fourth-order valence-corrected chi connectivity index (χ4v) is 4.91. The maximum absolute atomic E-state index is 3.49. The Morgan fingerprint density at radius 2 is 1.86 bits per heavy atom. The van der Waals surface area contributed by atoms with Crippen LogP contribution in [0.4, 0.5) is 0 Å². The molecule has 0 saturated carbocycles. The van der Waals surface area contributed by atoms with Crippen molar-refractivity contribution >= 4 is 59.3 Å². The van der Waals surface area contributed by atoms with Crippen molar-refractivity contribution in [2.45, 2.75) is 0 Å².